The Hall–Kier alpha value is -1.02. The highest BCUT2D eigenvalue weighted by atomic mass is 35.5. The first kappa shape index (κ1) is 24.0. The lowest BCUT2D eigenvalue weighted by Gasteiger charge is -2.23. The van der Waals surface area contributed by atoms with Crippen molar-refractivity contribution in [2.75, 3.05) is 7.05 Å². The second-order valence-electron chi connectivity index (χ2n) is 7.75. The van der Waals surface area contributed by atoms with Crippen molar-refractivity contribution in [2.24, 2.45) is 0 Å². The number of carbonyl (C=O) groups excluding carboxylic acids is 1. The average Bonchev–Trinajstić information content (AvgIpc) is 2.70. The van der Waals surface area contributed by atoms with E-state index >= 15 is 0 Å². The van der Waals surface area contributed by atoms with Gasteiger partial charge in [0.1, 0.15) is 5.50 Å². The highest BCUT2D eigenvalue weighted by molar-refractivity contribution is 6.21. The Morgan fingerprint density at radius 1 is 0.815 bits per heavy atom. The molecule has 0 aliphatic carbocycles. The van der Waals surface area contributed by atoms with Gasteiger partial charge in [0.25, 0.3) is 5.91 Å². The van der Waals surface area contributed by atoms with Crippen LogP contribution in [-0.4, -0.2) is 23.4 Å². The average molecular weight is 394 g/mol. The van der Waals surface area contributed by atoms with Gasteiger partial charge < -0.3 is 4.90 Å². The molecule has 0 aromatic heterocycles. The third kappa shape index (κ3) is 11.4. The van der Waals surface area contributed by atoms with Crippen LogP contribution in [0.15, 0.2) is 30.3 Å². The van der Waals surface area contributed by atoms with Gasteiger partial charge in [-0.2, -0.15) is 0 Å². The van der Waals surface area contributed by atoms with Gasteiger partial charge in [-0.25, -0.2) is 0 Å². The first-order valence-corrected chi connectivity index (χ1v) is 11.6. The Labute approximate surface area is 172 Å². The van der Waals surface area contributed by atoms with Crippen molar-refractivity contribution < 1.29 is 4.79 Å². The molecule has 0 saturated carbocycles. The normalized spacial score (nSPS) is 12.1. The second-order valence-corrected chi connectivity index (χ2v) is 8.25. The Morgan fingerprint density at radius 3 is 1.74 bits per heavy atom. The molecule has 0 N–H and O–H groups in total. The van der Waals surface area contributed by atoms with Crippen LogP contribution in [0.25, 0.3) is 0 Å². The van der Waals surface area contributed by atoms with Crippen LogP contribution in [0.4, 0.5) is 0 Å². The van der Waals surface area contributed by atoms with Crippen LogP contribution in [0.2, 0.25) is 0 Å². The number of halogens is 1. The van der Waals surface area contributed by atoms with Gasteiger partial charge in [0.15, 0.2) is 0 Å². The summed E-state index contributed by atoms with van der Waals surface area (Å²) in [4.78, 5) is 14.0. The van der Waals surface area contributed by atoms with Gasteiger partial charge >= 0.3 is 0 Å². The van der Waals surface area contributed by atoms with Crippen LogP contribution in [0.3, 0.4) is 0 Å². The molecule has 3 heteroatoms. The van der Waals surface area contributed by atoms with Crippen molar-refractivity contribution in [2.45, 2.75) is 102 Å². The minimum atomic E-state index is -0.217. The molecule has 1 atom stereocenters. The van der Waals surface area contributed by atoms with E-state index in [4.69, 9.17) is 11.6 Å². The molecule has 1 rings (SSSR count). The molecule has 1 amide bonds. The number of hydrogen-bond acceptors (Lipinski definition) is 1. The summed E-state index contributed by atoms with van der Waals surface area (Å²) in [6.07, 6.45) is 18.4. The van der Waals surface area contributed by atoms with E-state index in [0.717, 1.165) is 12.8 Å². The first-order chi connectivity index (χ1) is 13.2. The van der Waals surface area contributed by atoms with E-state index < -0.39 is 0 Å². The zero-order chi connectivity index (χ0) is 19.7. The van der Waals surface area contributed by atoms with Crippen molar-refractivity contribution in [3.05, 3.63) is 35.9 Å². The van der Waals surface area contributed by atoms with Crippen molar-refractivity contribution in [3.63, 3.8) is 0 Å². The number of amides is 1. The molecule has 0 aliphatic rings. The van der Waals surface area contributed by atoms with Crippen molar-refractivity contribution in [1.82, 2.24) is 4.90 Å². The number of alkyl halides is 1. The number of nitrogens with zero attached hydrogens (tertiary/aromatic N) is 1. The molecule has 0 heterocycles. The highest BCUT2D eigenvalue weighted by Gasteiger charge is 2.18. The number of unbranched alkanes of at least 4 members (excludes halogenated alkanes) is 12. The zero-order valence-corrected chi connectivity index (χ0v) is 18.4. The van der Waals surface area contributed by atoms with Crippen LogP contribution in [-0.2, 0) is 0 Å². The molecule has 2 nitrogen and oxygen atoms in total. The lowest BCUT2D eigenvalue weighted by Crippen LogP contribution is -2.33. The Bertz CT molecular complexity index is 477. The van der Waals surface area contributed by atoms with Crippen LogP contribution in [0.1, 0.15) is 107 Å². The van der Waals surface area contributed by atoms with Gasteiger partial charge in [-0.3, -0.25) is 4.79 Å². The summed E-state index contributed by atoms with van der Waals surface area (Å²) >= 11 is 6.42. The SMILES string of the molecule is CCCCCCCCCCCCCCCC(Cl)N(C)C(=O)c1ccccc1. The smallest absolute Gasteiger partial charge is 0.254 e. The standard InChI is InChI=1S/C24H40ClNO/c1-3-4-5-6-7-8-9-10-11-12-13-14-18-21-23(25)26(2)24(27)22-19-16-15-17-20-22/h15-17,19-20,23H,3-14,18,21H2,1-2H3. The van der Waals surface area contributed by atoms with Gasteiger partial charge in [-0.15, -0.1) is 0 Å². The van der Waals surface area contributed by atoms with Crippen LogP contribution in [0.5, 0.6) is 0 Å². The van der Waals surface area contributed by atoms with Gasteiger partial charge in [0.05, 0.1) is 0 Å². The molecule has 1 unspecified atom stereocenters. The third-order valence-corrected chi connectivity index (χ3v) is 5.82. The maximum absolute atomic E-state index is 12.4. The molecule has 154 valence electrons. The predicted molar refractivity (Wildman–Crippen MR) is 118 cm³/mol. The van der Waals surface area contributed by atoms with E-state index in [-0.39, 0.29) is 11.4 Å². The molecule has 0 saturated heterocycles. The molecule has 0 fully saturated rings. The molecule has 1 aromatic carbocycles. The topological polar surface area (TPSA) is 20.3 Å². The molecule has 0 spiro atoms. The quantitative estimate of drug-likeness (QED) is 0.159. The lowest BCUT2D eigenvalue weighted by atomic mass is 10.0. The van der Waals surface area contributed by atoms with Gasteiger partial charge in [-0.05, 0) is 18.6 Å². The third-order valence-electron chi connectivity index (χ3n) is 5.31. The van der Waals surface area contributed by atoms with Gasteiger partial charge in [0.2, 0.25) is 0 Å². The van der Waals surface area contributed by atoms with E-state index in [9.17, 15) is 4.79 Å². The molecule has 1 aromatic rings. The minimum absolute atomic E-state index is 0.00490. The van der Waals surface area contributed by atoms with E-state index in [0.29, 0.717) is 5.56 Å². The monoisotopic (exact) mass is 393 g/mol. The van der Waals surface area contributed by atoms with Crippen LogP contribution < -0.4 is 0 Å². The molecule has 0 radical (unpaired) electrons. The molecular formula is C24H40ClNO. The van der Waals surface area contributed by atoms with Crippen molar-refractivity contribution >= 4 is 17.5 Å². The fourth-order valence-corrected chi connectivity index (χ4v) is 3.68. The Kier molecular flexibility index (Phi) is 14.2. The summed E-state index contributed by atoms with van der Waals surface area (Å²) in [6.45, 7) is 2.27. The minimum Gasteiger partial charge on any atom is -0.325 e. The van der Waals surface area contributed by atoms with Crippen molar-refractivity contribution in [1.29, 1.82) is 0 Å². The van der Waals surface area contributed by atoms with Gasteiger partial charge in [0, 0.05) is 12.6 Å². The van der Waals surface area contributed by atoms with E-state index in [1.54, 1.807) is 11.9 Å². The van der Waals surface area contributed by atoms with E-state index in [2.05, 4.69) is 6.92 Å². The summed E-state index contributed by atoms with van der Waals surface area (Å²) in [5.74, 6) is 0.00490. The fraction of sp³-hybridized carbons (Fsp3) is 0.708. The molecule has 27 heavy (non-hydrogen) atoms. The highest BCUT2D eigenvalue weighted by Crippen LogP contribution is 2.17. The largest absolute Gasteiger partial charge is 0.325 e. The summed E-state index contributed by atoms with van der Waals surface area (Å²) in [5, 5.41) is 0. The van der Waals surface area contributed by atoms with E-state index in [1.807, 2.05) is 30.3 Å². The Morgan fingerprint density at radius 2 is 1.26 bits per heavy atom. The number of benzene rings is 1. The maximum atomic E-state index is 12.4. The van der Waals surface area contributed by atoms with Crippen molar-refractivity contribution in [3.8, 4) is 0 Å². The maximum Gasteiger partial charge on any atom is 0.254 e. The molecule has 0 bridgehead atoms. The summed E-state index contributed by atoms with van der Waals surface area (Å²) in [6, 6.07) is 9.37. The molecule has 0 aliphatic heterocycles. The number of rotatable bonds is 16. The zero-order valence-electron chi connectivity index (χ0n) is 17.6. The second kappa shape index (κ2) is 16.0. The predicted octanol–water partition coefficient (Wildman–Crippen LogP) is 7.80. The number of carbonyl (C=O) groups is 1. The summed E-state index contributed by atoms with van der Waals surface area (Å²) < 4.78 is 0. The van der Waals surface area contributed by atoms with Crippen LogP contribution in [0, 0.1) is 0 Å². The Balaban J connectivity index is 1.96. The lowest BCUT2D eigenvalue weighted by molar-refractivity contribution is 0.0772. The fourth-order valence-electron chi connectivity index (χ4n) is 3.44. The molecular weight excluding hydrogens is 354 g/mol. The van der Waals surface area contributed by atoms with Gasteiger partial charge in [-0.1, -0.05) is 120 Å². The van der Waals surface area contributed by atoms with Crippen LogP contribution >= 0.6 is 11.6 Å². The number of hydrogen-bond donors (Lipinski definition) is 0. The summed E-state index contributed by atoms with van der Waals surface area (Å²) in [5.41, 5.74) is 0.487. The van der Waals surface area contributed by atoms with E-state index in [1.165, 1.54) is 77.0 Å². The first-order valence-electron chi connectivity index (χ1n) is 11.1. The summed E-state index contributed by atoms with van der Waals surface area (Å²) in [7, 11) is 1.80.